The predicted molar refractivity (Wildman–Crippen MR) is 116 cm³/mol. The van der Waals surface area contributed by atoms with Gasteiger partial charge in [-0.05, 0) is 43.3 Å². The van der Waals surface area contributed by atoms with E-state index in [0.29, 0.717) is 24.5 Å². The Labute approximate surface area is 177 Å². The number of rotatable bonds is 9. The fraction of sp³-hybridized carbons (Fsp3) is 0.435. The van der Waals surface area contributed by atoms with E-state index < -0.39 is 0 Å². The molecule has 0 aromatic heterocycles. The zero-order valence-corrected chi connectivity index (χ0v) is 17.9. The van der Waals surface area contributed by atoms with Crippen LogP contribution in [0, 0.1) is 0 Å². The van der Waals surface area contributed by atoms with Gasteiger partial charge >= 0.3 is 0 Å². The SMILES string of the molecule is CCOc1ccc([C@H](CN=Cc2cc(OC)ccc2O)[NH+]2CCOCC2)cc1OC. The number of ether oxygens (including phenoxy) is 4. The maximum absolute atomic E-state index is 10.1. The fourth-order valence-corrected chi connectivity index (χ4v) is 3.65. The summed E-state index contributed by atoms with van der Waals surface area (Å²) in [7, 11) is 3.26. The number of hydrogen-bond donors (Lipinski definition) is 2. The minimum absolute atomic E-state index is 0.141. The Morgan fingerprint density at radius 3 is 2.60 bits per heavy atom. The molecule has 0 unspecified atom stereocenters. The summed E-state index contributed by atoms with van der Waals surface area (Å²) >= 11 is 0. The number of aromatic hydroxyl groups is 1. The summed E-state index contributed by atoms with van der Waals surface area (Å²) in [5, 5.41) is 10.1. The van der Waals surface area contributed by atoms with Gasteiger partial charge in [0.1, 0.15) is 30.6 Å². The number of benzene rings is 2. The van der Waals surface area contributed by atoms with Gasteiger partial charge in [0, 0.05) is 17.3 Å². The van der Waals surface area contributed by atoms with Gasteiger partial charge in [0.25, 0.3) is 0 Å². The average molecular weight is 416 g/mol. The number of methoxy groups -OCH3 is 2. The molecule has 30 heavy (non-hydrogen) atoms. The summed E-state index contributed by atoms with van der Waals surface area (Å²) in [6.45, 7) is 6.42. The van der Waals surface area contributed by atoms with Crippen molar-refractivity contribution in [3.05, 3.63) is 47.5 Å². The first kappa shape index (κ1) is 21.9. The van der Waals surface area contributed by atoms with Crippen LogP contribution in [-0.4, -0.2) is 65.0 Å². The Morgan fingerprint density at radius 1 is 1.10 bits per heavy atom. The number of morpholine rings is 1. The van der Waals surface area contributed by atoms with Crippen LogP contribution in [0.25, 0.3) is 0 Å². The van der Waals surface area contributed by atoms with Crippen molar-refractivity contribution in [2.75, 3.05) is 53.7 Å². The molecular formula is C23H31N2O5+. The van der Waals surface area contributed by atoms with E-state index in [0.717, 1.165) is 43.4 Å². The van der Waals surface area contributed by atoms with Crippen LogP contribution in [0.4, 0.5) is 0 Å². The van der Waals surface area contributed by atoms with E-state index in [1.165, 1.54) is 4.90 Å². The third-order valence-electron chi connectivity index (χ3n) is 5.27. The van der Waals surface area contributed by atoms with Gasteiger partial charge in [0.15, 0.2) is 11.5 Å². The highest BCUT2D eigenvalue weighted by Gasteiger charge is 2.27. The molecule has 0 spiro atoms. The van der Waals surface area contributed by atoms with Gasteiger partial charge in [-0.3, -0.25) is 4.99 Å². The van der Waals surface area contributed by atoms with Gasteiger partial charge in [-0.1, -0.05) is 0 Å². The molecule has 162 valence electrons. The minimum atomic E-state index is 0.141. The Morgan fingerprint density at radius 2 is 1.90 bits per heavy atom. The van der Waals surface area contributed by atoms with Crippen LogP contribution in [0.3, 0.4) is 0 Å². The van der Waals surface area contributed by atoms with E-state index >= 15 is 0 Å². The monoisotopic (exact) mass is 415 g/mol. The second-order valence-corrected chi connectivity index (χ2v) is 7.09. The fourth-order valence-electron chi connectivity index (χ4n) is 3.65. The van der Waals surface area contributed by atoms with E-state index in [4.69, 9.17) is 18.9 Å². The van der Waals surface area contributed by atoms with Crippen molar-refractivity contribution < 1.29 is 29.0 Å². The summed E-state index contributed by atoms with van der Waals surface area (Å²) in [5.74, 6) is 2.32. The first-order valence-corrected chi connectivity index (χ1v) is 10.3. The molecule has 3 rings (SSSR count). The standard InChI is InChI=1S/C23H30N2O5/c1-4-30-22-8-5-17(14-23(22)28-3)20(25-9-11-29-12-10-25)16-24-15-18-13-19(27-2)6-7-21(18)26/h5-8,13-15,20,26H,4,9-12,16H2,1-3H3/p+1/t20-/m0/s1. The third-order valence-corrected chi connectivity index (χ3v) is 5.27. The second kappa shape index (κ2) is 10.8. The smallest absolute Gasteiger partial charge is 0.161 e. The molecule has 2 aromatic carbocycles. The Balaban J connectivity index is 1.84. The number of nitrogens with one attached hydrogen (secondary N) is 1. The van der Waals surface area contributed by atoms with E-state index in [-0.39, 0.29) is 11.8 Å². The van der Waals surface area contributed by atoms with E-state index in [2.05, 4.69) is 11.1 Å². The van der Waals surface area contributed by atoms with Gasteiger partial charge in [0.05, 0.1) is 40.6 Å². The molecule has 0 radical (unpaired) electrons. The molecule has 2 N–H and O–H groups in total. The number of phenolic OH excluding ortho intramolecular Hbond substituents is 1. The lowest BCUT2D eigenvalue weighted by Gasteiger charge is -2.31. The molecule has 0 bridgehead atoms. The van der Waals surface area contributed by atoms with Crippen molar-refractivity contribution in [3.63, 3.8) is 0 Å². The molecular weight excluding hydrogens is 384 g/mol. The topological polar surface area (TPSA) is 74.0 Å². The van der Waals surface area contributed by atoms with Gasteiger partial charge in [-0.25, -0.2) is 0 Å². The molecule has 0 aliphatic carbocycles. The third kappa shape index (κ3) is 5.43. The number of phenols is 1. The lowest BCUT2D eigenvalue weighted by Crippen LogP contribution is -3.14. The molecule has 1 aliphatic heterocycles. The van der Waals surface area contributed by atoms with Crippen LogP contribution in [0.2, 0.25) is 0 Å². The summed E-state index contributed by atoms with van der Waals surface area (Å²) in [4.78, 5) is 6.09. The summed E-state index contributed by atoms with van der Waals surface area (Å²) in [5.41, 5.74) is 1.77. The zero-order valence-electron chi connectivity index (χ0n) is 17.9. The van der Waals surface area contributed by atoms with Crippen LogP contribution in [0.1, 0.15) is 24.1 Å². The highest BCUT2D eigenvalue weighted by atomic mass is 16.5. The van der Waals surface area contributed by atoms with E-state index in [9.17, 15) is 5.11 Å². The van der Waals surface area contributed by atoms with Crippen molar-refractivity contribution in [1.82, 2.24) is 0 Å². The van der Waals surface area contributed by atoms with Crippen LogP contribution in [0.5, 0.6) is 23.0 Å². The summed E-state index contributed by atoms with van der Waals surface area (Å²) in [6.07, 6.45) is 1.70. The number of aliphatic imine (C=N–C) groups is 1. The number of hydrogen-bond acceptors (Lipinski definition) is 6. The number of quaternary nitrogens is 1. The highest BCUT2D eigenvalue weighted by molar-refractivity contribution is 5.84. The quantitative estimate of drug-likeness (QED) is 0.612. The first-order valence-electron chi connectivity index (χ1n) is 10.3. The van der Waals surface area contributed by atoms with Crippen molar-refractivity contribution >= 4 is 6.21 Å². The maximum Gasteiger partial charge on any atom is 0.161 e. The van der Waals surface area contributed by atoms with E-state index in [1.54, 1.807) is 38.6 Å². The Bertz CT molecular complexity index is 849. The molecule has 1 saturated heterocycles. The van der Waals surface area contributed by atoms with Crippen LogP contribution >= 0.6 is 0 Å². The van der Waals surface area contributed by atoms with Crippen molar-refractivity contribution in [2.24, 2.45) is 4.99 Å². The van der Waals surface area contributed by atoms with Crippen LogP contribution in [-0.2, 0) is 4.74 Å². The summed E-state index contributed by atoms with van der Waals surface area (Å²) in [6, 6.07) is 11.3. The predicted octanol–water partition coefficient (Wildman–Crippen LogP) is 1.88. The first-order chi connectivity index (χ1) is 14.7. The lowest BCUT2D eigenvalue weighted by molar-refractivity contribution is -0.937. The molecule has 0 saturated carbocycles. The number of nitrogens with zero attached hydrogens (tertiary/aromatic N) is 1. The van der Waals surface area contributed by atoms with Crippen molar-refractivity contribution in [1.29, 1.82) is 0 Å². The highest BCUT2D eigenvalue weighted by Crippen LogP contribution is 2.30. The normalized spacial score (nSPS) is 15.8. The zero-order chi connectivity index (χ0) is 21.3. The van der Waals surface area contributed by atoms with Gasteiger partial charge < -0.3 is 29.0 Å². The van der Waals surface area contributed by atoms with Crippen molar-refractivity contribution in [2.45, 2.75) is 13.0 Å². The van der Waals surface area contributed by atoms with Gasteiger partial charge in [0.2, 0.25) is 0 Å². The average Bonchev–Trinajstić information content (AvgIpc) is 2.79. The van der Waals surface area contributed by atoms with Gasteiger partial charge in [-0.15, -0.1) is 0 Å². The lowest BCUT2D eigenvalue weighted by atomic mass is 10.0. The van der Waals surface area contributed by atoms with Crippen LogP contribution < -0.4 is 19.1 Å². The molecule has 7 nitrogen and oxygen atoms in total. The molecule has 1 aliphatic rings. The summed E-state index contributed by atoms with van der Waals surface area (Å²) < 4.78 is 22.0. The molecule has 7 heteroatoms. The molecule has 1 heterocycles. The molecule has 1 fully saturated rings. The van der Waals surface area contributed by atoms with E-state index in [1.807, 2.05) is 19.1 Å². The van der Waals surface area contributed by atoms with Crippen molar-refractivity contribution in [3.8, 4) is 23.0 Å². The molecule has 2 aromatic rings. The van der Waals surface area contributed by atoms with Gasteiger partial charge in [-0.2, -0.15) is 0 Å². The minimum Gasteiger partial charge on any atom is -0.507 e. The molecule has 0 amide bonds. The largest absolute Gasteiger partial charge is 0.507 e. The van der Waals surface area contributed by atoms with Crippen LogP contribution in [0.15, 0.2) is 41.4 Å². The Hall–Kier alpha value is -2.77. The molecule has 1 atom stereocenters. The second-order valence-electron chi connectivity index (χ2n) is 7.09. The maximum atomic E-state index is 10.1. The Kier molecular flexibility index (Phi) is 7.93.